The fourth-order valence-corrected chi connectivity index (χ4v) is 4.32. The number of rotatable bonds is 5. The SMILES string of the molecule is CCn1c(=O)c(CNc2ccc(N3CCC[C@@H](O)C3)cc2)cc2cc(C)c(C)cc21. The lowest BCUT2D eigenvalue weighted by atomic mass is 10.0. The van der Waals surface area contributed by atoms with Crippen LogP contribution in [0.1, 0.15) is 36.5 Å². The summed E-state index contributed by atoms with van der Waals surface area (Å²) in [7, 11) is 0. The minimum absolute atomic E-state index is 0.0691. The van der Waals surface area contributed by atoms with Gasteiger partial charge in [0.25, 0.3) is 5.56 Å². The lowest BCUT2D eigenvalue weighted by Crippen LogP contribution is -2.38. The zero-order valence-electron chi connectivity index (χ0n) is 18.1. The van der Waals surface area contributed by atoms with E-state index in [-0.39, 0.29) is 11.7 Å². The van der Waals surface area contributed by atoms with E-state index in [1.165, 1.54) is 11.1 Å². The first-order valence-corrected chi connectivity index (χ1v) is 10.9. The first-order valence-electron chi connectivity index (χ1n) is 10.9. The summed E-state index contributed by atoms with van der Waals surface area (Å²) in [5, 5.41) is 14.4. The van der Waals surface area contributed by atoms with Crippen molar-refractivity contribution < 1.29 is 5.11 Å². The number of aliphatic hydroxyl groups excluding tert-OH is 1. The summed E-state index contributed by atoms with van der Waals surface area (Å²) in [6, 6.07) is 14.6. The number of benzene rings is 2. The molecule has 0 bridgehead atoms. The molecule has 1 aliphatic rings. The molecule has 5 nitrogen and oxygen atoms in total. The van der Waals surface area contributed by atoms with Gasteiger partial charge < -0.3 is 19.9 Å². The van der Waals surface area contributed by atoms with Crippen LogP contribution in [0.4, 0.5) is 11.4 Å². The van der Waals surface area contributed by atoms with Gasteiger partial charge in [0.15, 0.2) is 0 Å². The van der Waals surface area contributed by atoms with Crippen molar-refractivity contribution >= 4 is 22.3 Å². The van der Waals surface area contributed by atoms with Crippen LogP contribution in [0.25, 0.3) is 10.9 Å². The third-order valence-electron chi connectivity index (χ3n) is 6.21. The minimum Gasteiger partial charge on any atom is -0.391 e. The van der Waals surface area contributed by atoms with E-state index in [9.17, 15) is 9.90 Å². The summed E-state index contributed by atoms with van der Waals surface area (Å²) in [5.74, 6) is 0. The molecule has 1 atom stereocenters. The van der Waals surface area contributed by atoms with Crippen LogP contribution in [0.3, 0.4) is 0 Å². The molecule has 3 aromatic rings. The van der Waals surface area contributed by atoms with Gasteiger partial charge in [0.1, 0.15) is 0 Å². The van der Waals surface area contributed by atoms with Gasteiger partial charge in [0, 0.05) is 43.1 Å². The fraction of sp³-hybridized carbons (Fsp3) is 0.400. The fourth-order valence-electron chi connectivity index (χ4n) is 4.32. The third kappa shape index (κ3) is 4.08. The van der Waals surface area contributed by atoms with E-state index in [4.69, 9.17) is 0 Å². The molecule has 1 fully saturated rings. The highest BCUT2D eigenvalue weighted by atomic mass is 16.3. The van der Waals surface area contributed by atoms with Gasteiger partial charge in [0.05, 0.1) is 11.6 Å². The molecule has 0 saturated carbocycles. The van der Waals surface area contributed by atoms with Crippen molar-refractivity contribution in [2.45, 2.75) is 52.8 Å². The first-order chi connectivity index (χ1) is 14.5. The number of aliphatic hydroxyl groups is 1. The molecule has 0 unspecified atom stereocenters. The molecule has 0 radical (unpaired) electrons. The lowest BCUT2D eigenvalue weighted by Gasteiger charge is -2.32. The summed E-state index contributed by atoms with van der Waals surface area (Å²) in [4.78, 5) is 15.2. The van der Waals surface area contributed by atoms with E-state index in [1.807, 2.05) is 29.7 Å². The molecule has 2 aromatic carbocycles. The Morgan fingerprint density at radius 1 is 1.10 bits per heavy atom. The van der Waals surface area contributed by atoms with Gasteiger partial charge in [-0.15, -0.1) is 0 Å². The topological polar surface area (TPSA) is 57.5 Å². The maximum Gasteiger partial charge on any atom is 0.256 e. The molecule has 158 valence electrons. The molecule has 4 rings (SSSR count). The standard InChI is InChI=1S/C25H31N3O2/c1-4-28-24-13-18(3)17(2)12-19(24)14-20(25(28)30)15-26-21-7-9-22(10-8-21)27-11-5-6-23(29)16-27/h7-10,12-14,23,26,29H,4-6,11,15-16H2,1-3H3/t23-/m1/s1. The summed E-state index contributed by atoms with van der Waals surface area (Å²) in [6.45, 7) is 9.03. The Balaban J connectivity index is 1.54. The second kappa shape index (κ2) is 8.52. The predicted octanol–water partition coefficient (Wildman–Crippen LogP) is 4.21. The number of nitrogens with one attached hydrogen (secondary N) is 1. The largest absolute Gasteiger partial charge is 0.391 e. The summed E-state index contributed by atoms with van der Waals surface area (Å²) in [5.41, 5.74) is 6.40. The van der Waals surface area contributed by atoms with Crippen LogP contribution in [-0.4, -0.2) is 28.9 Å². The Morgan fingerprint density at radius 3 is 2.53 bits per heavy atom. The number of fused-ring (bicyclic) bond motifs is 1. The molecule has 0 aliphatic carbocycles. The lowest BCUT2D eigenvalue weighted by molar-refractivity contribution is 0.154. The van der Waals surface area contributed by atoms with Crippen molar-refractivity contribution in [3.8, 4) is 0 Å². The highest BCUT2D eigenvalue weighted by Gasteiger charge is 2.17. The van der Waals surface area contributed by atoms with Gasteiger partial charge in [-0.1, -0.05) is 0 Å². The van der Waals surface area contributed by atoms with Gasteiger partial charge in [-0.05, 0) is 92.6 Å². The number of nitrogens with zero attached hydrogens (tertiary/aromatic N) is 2. The van der Waals surface area contributed by atoms with Crippen LogP contribution >= 0.6 is 0 Å². The Kier molecular flexibility index (Phi) is 5.82. The molecule has 2 heterocycles. The molecule has 5 heteroatoms. The molecule has 1 aliphatic heterocycles. The average Bonchev–Trinajstić information content (AvgIpc) is 2.74. The Hall–Kier alpha value is -2.79. The van der Waals surface area contributed by atoms with Crippen LogP contribution in [0, 0.1) is 13.8 Å². The number of aromatic nitrogens is 1. The maximum atomic E-state index is 13.0. The number of anilines is 2. The number of piperidine rings is 1. The second-order valence-electron chi connectivity index (χ2n) is 8.36. The van der Waals surface area contributed by atoms with Crippen LogP contribution in [-0.2, 0) is 13.1 Å². The van der Waals surface area contributed by atoms with E-state index < -0.39 is 0 Å². The zero-order valence-corrected chi connectivity index (χ0v) is 18.1. The minimum atomic E-state index is -0.238. The van der Waals surface area contributed by atoms with Crippen molar-refractivity contribution in [3.05, 3.63) is 69.5 Å². The number of aryl methyl sites for hydroxylation is 3. The smallest absolute Gasteiger partial charge is 0.256 e. The molecule has 30 heavy (non-hydrogen) atoms. The number of hydrogen-bond donors (Lipinski definition) is 2. The molecule has 0 spiro atoms. The van der Waals surface area contributed by atoms with Gasteiger partial charge in [0.2, 0.25) is 0 Å². The predicted molar refractivity (Wildman–Crippen MR) is 125 cm³/mol. The molecule has 0 amide bonds. The van der Waals surface area contributed by atoms with Crippen molar-refractivity contribution in [2.75, 3.05) is 23.3 Å². The molecule has 1 aromatic heterocycles. The summed E-state index contributed by atoms with van der Waals surface area (Å²) in [6.07, 6.45) is 1.67. The van der Waals surface area contributed by atoms with Crippen LogP contribution in [0.15, 0.2) is 47.3 Å². The van der Waals surface area contributed by atoms with E-state index in [1.54, 1.807) is 0 Å². The van der Waals surface area contributed by atoms with Crippen LogP contribution in [0.2, 0.25) is 0 Å². The van der Waals surface area contributed by atoms with Gasteiger partial charge in [-0.3, -0.25) is 4.79 Å². The quantitative estimate of drug-likeness (QED) is 0.668. The van der Waals surface area contributed by atoms with Gasteiger partial charge in [-0.25, -0.2) is 0 Å². The average molecular weight is 406 g/mol. The van der Waals surface area contributed by atoms with Crippen molar-refractivity contribution in [2.24, 2.45) is 0 Å². The molecule has 2 N–H and O–H groups in total. The summed E-state index contributed by atoms with van der Waals surface area (Å²) < 4.78 is 1.86. The van der Waals surface area contributed by atoms with Gasteiger partial charge in [-0.2, -0.15) is 0 Å². The third-order valence-corrected chi connectivity index (χ3v) is 6.21. The Labute approximate surface area is 178 Å². The molecular weight excluding hydrogens is 374 g/mol. The van der Waals surface area contributed by atoms with Crippen LogP contribution in [0.5, 0.6) is 0 Å². The Bertz CT molecular complexity index is 1100. The normalized spacial score (nSPS) is 16.8. The first kappa shape index (κ1) is 20.5. The highest BCUT2D eigenvalue weighted by molar-refractivity contribution is 5.81. The maximum absolute atomic E-state index is 13.0. The monoisotopic (exact) mass is 405 g/mol. The van der Waals surface area contributed by atoms with Crippen molar-refractivity contribution in [3.63, 3.8) is 0 Å². The zero-order chi connectivity index (χ0) is 21.3. The second-order valence-corrected chi connectivity index (χ2v) is 8.36. The van der Waals surface area contributed by atoms with E-state index >= 15 is 0 Å². The van der Waals surface area contributed by atoms with Crippen LogP contribution < -0.4 is 15.8 Å². The molecular formula is C25H31N3O2. The van der Waals surface area contributed by atoms with Gasteiger partial charge >= 0.3 is 0 Å². The van der Waals surface area contributed by atoms with E-state index in [0.29, 0.717) is 19.6 Å². The highest BCUT2D eigenvalue weighted by Crippen LogP contribution is 2.23. The number of pyridine rings is 1. The van der Waals surface area contributed by atoms with E-state index in [2.05, 4.69) is 48.3 Å². The van der Waals surface area contributed by atoms with E-state index in [0.717, 1.165) is 47.2 Å². The number of β-amino-alcohol motifs (C(OH)–C–C–N with tert-alkyl or cyclic N) is 1. The van der Waals surface area contributed by atoms with Crippen molar-refractivity contribution in [1.29, 1.82) is 0 Å². The summed E-state index contributed by atoms with van der Waals surface area (Å²) >= 11 is 0. The molecule has 1 saturated heterocycles. The number of hydrogen-bond acceptors (Lipinski definition) is 4. The Morgan fingerprint density at radius 2 is 1.83 bits per heavy atom. The van der Waals surface area contributed by atoms with Crippen molar-refractivity contribution in [1.82, 2.24) is 4.57 Å².